The molecule has 0 saturated carbocycles. The minimum absolute atomic E-state index is 0.0326. The molecule has 164 valence electrons. The number of benzene rings is 1. The van der Waals surface area contributed by atoms with Crippen molar-refractivity contribution in [2.24, 2.45) is 7.05 Å². The fraction of sp³-hybridized carbons (Fsp3) is 0.500. The zero-order valence-electron chi connectivity index (χ0n) is 19.0. The van der Waals surface area contributed by atoms with Crippen LogP contribution in [0.2, 0.25) is 0 Å². The van der Waals surface area contributed by atoms with Crippen LogP contribution in [0.4, 0.5) is 10.5 Å². The highest BCUT2D eigenvalue weighted by molar-refractivity contribution is 5.92. The maximum atomic E-state index is 13.1. The molecule has 0 radical (unpaired) electrons. The molecule has 0 unspecified atom stereocenters. The lowest BCUT2D eigenvalue weighted by atomic mass is 10.1. The Hall–Kier alpha value is -2.76. The second kappa shape index (κ2) is 11.4. The molecule has 0 bridgehead atoms. The first-order chi connectivity index (χ1) is 14.3. The standard InChI is InChI=1S/C24H36N4O2/c1-6-8-16-27(17-22-10-9-15-26(22)5)23(29)18-28(19(3)4)24(30)25-21-13-11-20(7-2)12-14-21/h9-15,19H,6-8,16-18H2,1-5H3,(H,25,30). The van der Waals surface area contributed by atoms with Gasteiger partial charge in [0.15, 0.2) is 0 Å². The first-order valence-electron chi connectivity index (χ1n) is 10.9. The third-order valence-corrected chi connectivity index (χ3v) is 5.34. The lowest BCUT2D eigenvalue weighted by Crippen LogP contribution is -2.47. The van der Waals surface area contributed by atoms with Gasteiger partial charge in [-0.1, -0.05) is 32.4 Å². The van der Waals surface area contributed by atoms with Gasteiger partial charge in [0.1, 0.15) is 6.54 Å². The number of nitrogens with zero attached hydrogens (tertiary/aromatic N) is 3. The Morgan fingerprint density at radius 3 is 2.33 bits per heavy atom. The van der Waals surface area contributed by atoms with Crippen molar-refractivity contribution >= 4 is 17.6 Å². The molecule has 6 heteroatoms. The third kappa shape index (κ3) is 6.65. The number of aryl methyl sites for hydroxylation is 2. The summed E-state index contributed by atoms with van der Waals surface area (Å²) in [4.78, 5) is 29.5. The van der Waals surface area contributed by atoms with E-state index in [4.69, 9.17) is 0 Å². The number of carbonyl (C=O) groups excluding carboxylic acids is 2. The van der Waals surface area contributed by atoms with E-state index < -0.39 is 0 Å². The number of hydrogen-bond acceptors (Lipinski definition) is 2. The van der Waals surface area contributed by atoms with E-state index in [1.54, 1.807) is 4.90 Å². The van der Waals surface area contributed by atoms with E-state index in [1.807, 2.05) is 73.0 Å². The monoisotopic (exact) mass is 412 g/mol. The van der Waals surface area contributed by atoms with Crippen molar-refractivity contribution in [3.05, 3.63) is 53.9 Å². The molecule has 0 spiro atoms. The predicted molar refractivity (Wildman–Crippen MR) is 122 cm³/mol. The topological polar surface area (TPSA) is 57.6 Å². The normalized spacial score (nSPS) is 10.9. The average molecular weight is 413 g/mol. The Balaban J connectivity index is 2.08. The smallest absolute Gasteiger partial charge is 0.322 e. The Bertz CT molecular complexity index is 811. The zero-order valence-corrected chi connectivity index (χ0v) is 19.0. The molecule has 0 fully saturated rings. The number of nitrogens with one attached hydrogen (secondary N) is 1. The van der Waals surface area contributed by atoms with Gasteiger partial charge in [0.2, 0.25) is 5.91 Å². The van der Waals surface area contributed by atoms with Gasteiger partial charge in [-0.3, -0.25) is 4.79 Å². The van der Waals surface area contributed by atoms with E-state index >= 15 is 0 Å². The van der Waals surface area contributed by atoms with Crippen molar-refractivity contribution in [3.8, 4) is 0 Å². The highest BCUT2D eigenvalue weighted by Crippen LogP contribution is 2.13. The van der Waals surface area contributed by atoms with Gasteiger partial charge in [-0.25, -0.2) is 4.79 Å². The number of hydrogen-bond donors (Lipinski definition) is 1. The highest BCUT2D eigenvalue weighted by Gasteiger charge is 2.24. The van der Waals surface area contributed by atoms with Crippen molar-refractivity contribution in [1.29, 1.82) is 0 Å². The number of aromatic nitrogens is 1. The molecule has 1 N–H and O–H groups in total. The van der Waals surface area contributed by atoms with Gasteiger partial charge in [-0.2, -0.15) is 0 Å². The summed E-state index contributed by atoms with van der Waals surface area (Å²) in [5.74, 6) is -0.0326. The lowest BCUT2D eigenvalue weighted by Gasteiger charge is -2.30. The molecule has 2 rings (SSSR count). The fourth-order valence-corrected chi connectivity index (χ4v) is 3.25. The molecule has 1 aromatic heterocycles. The molecule has 1 aromatic carbocycles. The van der Waals surface area contributed by atoms with Gasteiger partial charge < -0.3 is 19.7 Å². The molecule has 0 saturated heterocycles. The molecular formula is C24H36N4O2. The Kier molecular flexibility index (Phi) is 8.96. The molecule has 6 nitrogen and oxygen atoms in total. The average Bonchev–Trinajstić information content (AvgIpc) is 3.13. The molecule has 0 aliphatic heterocycles. The van der Waals surface area contributed by atoms with E-state index in [2.05, 4.69) is 19.2 Å². The summed E-state index contributed by atoms with van der Waals surface area (Å²) < 4.78 is 2.03. The molecule has 1 heterocycles. The molecule has 0 atom stereocenters. The zero-order chi connectivity index (χ0) is 22.1. The van der Waals surface area contributed by atoms with Crippen molar-refractivity contribution in [2.75, 3.05) is 18.4 Å². The van der Waals surface area contributed by atoms with Crippen molar-refractivity contribution in [2.45, 2.75) is 59.5 Å². The largest absolute Gasteiger partial charge is 0.353 e. The third-order valence-electron chi connectivity index (χ3n) is 5.34. The van der Waals surface area contributed by atoms with Gasteiger partial charge >= 0.3 is 6.03 Å². The minimum atomic E-state index is -0.253. The quantitative estimate of drug-likeness (QED) is 0.617. The van der Waals surface area contributed by atoms with Crippen LogP contribution in [0, 0.1) is 0 Å². The molecule has 3 amide bonds. The van der Waals surface area contributed by atoms with Gasteiger partial charge in [-0.15, -0.1) is 0 Å². The van der Waals surface area contributed by atoms with E-state index in [0.717, 1.165) is 30.6 Å². The van der Waals surface area contributed by atoms with Crippen molar-refractivity contribution < 1.29 is 9.59 Å². The number of rotatable bonds is 10. The number of unbranched alkanes of at least 4 members (excludes halogenated alkanes) is 1. The first kappa shape index (κ1) is 23.5. The second-order valence-corrected chi connectivity index (χ2v) is 7.98. The highest BCUT2D eigenvalue weighted by atomic mass is 16.2. The van der Waals surface area contributed by atoms with Crippen LogP contribution in [0.1, 0.15) is 51.8 Å². The van der Waals surface area contributed by atoms with Crippen LogP contribution >= 0.6 is 0 Å². The van der Waals surface area contributed by atoms with E-state index in [1.165, 1.54) is 5.56 Å². The molecule has 2 aromatic rings. The van der Waals surface area contributed by atoms with E-state index in [0.29, 0.717) is 13.1 Å². The first-order valence-corrected chi connectivity index (χ1v) is 10.9. The van der Waals surface area contributed by atoms with Crippen LogP contribution in [0.3, 0.4) is 0 Å². The van der Waals surface area contributed by atoms with Gasteiger partial charge in [-0.05, 0) is 56.5 Å². The fourth-order valence-electron chi connectivity index (χ4n) is 3.25. The van der Waals surface area contributed by atoms with Gasteiger partial charge in [0, 0.05) is 37.2 Å². The SMILES string of the molecule is CCCCN(Cc1cccn1C)C(=O)CN(C(=O)Nc1ccc(CC)cc1)C(C)C. The summed E-state index contributed by atoms with van der Waals surface area (Å²) in [5, 5.41) is 2.93. The van der Waals surface area contributed by atoms with Crippen LogP contribution in [-0.2, 0) is 24.8 Å². The predicted octanol–water partition coefficient (Wildman–Crippen LogP) is 4.66. The summed E-state index contributed by atoms with van der Waals surface area (Å²) in [6.07, 6.45) is 4.89. The molecular weight excluding hydrogens is 376 g/mol. The molecule has 0 aliphatic rings. The second-order valence-electron chi connectivity index (χ2n) is 7.98. The van der Waals surface area contributed by atoms with Crippen LogP contribution in [0.5, 0.6) is 0 Å². The van der Waals surface area contributed by atoms with Crippen LogP contribution in [0.25, 0.3) is 0 Å². The lowest BCUT2D eigenvalue weighted by molar-refractivity contribution is -0.132. The maximum Gasteiger partial charge on any atom is 0.322 e. The molecule has 0 aliphatic carbocycles. The summed E-state index contributed by atoms with van der Waals surface area (Å²) >= 11 is 0. The molecule has 30 heavy (non-hydrogen) atoms. The van der Waals surface area contributed by atoms with Gasteiger partial charge in [0.25, 0.3) is 0 Å². The Morgan fingerprint density at radius 2 is 1.80 bits per heavy atom. The number of carbonyl (C=O) groups is 2. The van der Waals surface area contributed by atoms with Crippen LogP contribution in [0.15, 0.2) is 42.6 Å². The number of urea groups is 1. The summed E-state index contributed by atoms with van der Waals surface area (Å²) in [6.45, 7) is 9.37. The Labute approximate surface area is 180 Å². The van der Waals surface area contributed by atoms with Crippen molar-refractivity contribution in [3.63, 3.8) is 0 Å². The van der Waals surface area contributed by atoms with Crippen molar-refractivity contribution in [1.82, 2.24) is 14.4 Å². The minimum Gasteiger partial charge on any atom is -0.353 e. The maximum absolute atomic E-state index is 13.1. The van der Waals surface area contributed by atoms with Crippen LogP contribution in [-0.4, -0.2) is 45.4 Å². The van der Waals surface area contributed by atoms with E-state index in [-0.39, 0.29) is 24.5 Å². The van der Waals surface area contributed by atoms with E-state index in [9.17, 15) is 9.59 Å². The summed E-state index contributed by atoms with van der Waals surface area (Å²) in [6, 6.07) is 11.5. The number of anilines is 1. The summed E-state index contributed by atoms with van der Waals surface area (Å²) in [5.41, 5.74) is 3.04. The summed E-state index contributed by atoms with van der Waals surface area (Å²) in [7, 11) is 1.98. The van der Waals surface area contributed by atoms with Crippen LogP contribution < -0.4 is 5.32 Å². The number of amides is 3. The Morgan fingerprint density at radius 1 is 1.10 bits per heavy atom. The van der Waals surface area contributed by atoms with Gasteiger partial charge in [0.05, 0.1) is 6.54 Å².